The second kappa shape index (κ2) is 10.1. The van der Waals surface area contributed by atoms with Crippen LogP contribution >= 0.6 is 0 Å². The molecule has 0 aliphatic heterocycles. The molecule has 0 atom stereocenters. The summed E-state index contributed by atoms with van der Waals surface area (Å²) in [6.45, 7) is 4.37. The van der Waals surface area contributed by atoms with E-state index in [-0.39, 0.29) is 18.2 Å². The molecule has 0 aliphatic rings. The second-order valence-electron chi connectivity index (χ2n) is 6.05. The maximum Gasteiger partial charge on any atom is 0.273 e. The van der Waals surface area contributed by atoms with Gasteiger partial charge in [-0.3, -0.25) is 4.79 Å². The first-order chi connectivity index (χ1) is 13.1. The smallest absolute Gasteiger partial charge is 0.273 e. The zero-order valence-corrected chi connectivity index (χ0v) is 16.2. The zero-order valence-electron chi connectivity index (χ0n) is 16.2. The van der Waals surface area contributed by atoms with E-state index < -0.39 is 0 Å². The summed E-state index contributed by atoms with van der Waals surface area (Å²) >= 11 is 0. The molecule has 0 bridgehead atoms. The monoisotopic (exact) mass is 367 g/mol. The van der Waals surface area contributed by atoms with Gasteiger partial charge >= 0.3 is 0 Å². The largest absolute Gasteiger partial charge is 0.398 e. The number of carbonyl (C=O) groups is 1. The molecule has 142 valence electrons. The maximum atomic E-state index is 12.1. The minimum absolute atomic E-state index is 0.193. The molecule has 6 heteroatoms. The van der Waals surface area contributed by atoms with Gasteiger partial charge in [0.25, 0.3) is 5.91 Å². The van der Waals surface area contributed by atoms with Gasteiger partial charge in [0.05, 0.1) is 0 Å². The lowest BCUT2D eigenvalue weighted by molar-refractivity contribution is -0.114. The van der Waals surface area contributed by atoms with Crippen LogP contribution in [0.15, 0.2) is 52.8 Å². The van der Waals surface area contributed by atoms with E-state index in [0.29, 0.717) is 12.0 Å². The van der Waals surface area contributed by atoms with Crippen LogP contribution in [0.3, 0.4) is 0 Å². The Morgan fingerprint density at radius 1 is 1.15 bits per heavy atom. The van der Waals surface area contributed by atoms with Crippen molar-refractivity contribution in [2.45, 2.75) is 26.9 Å². The lowest BCUT2D eigenvalue weighted by atomic mass is 10.0. The van der Waals surface area contributed by atoms with Crippen molar-refractivity contribution >= 4 is 17.8 Å². The molecule has 1 N–H and O–H groups in total. The summed E-state index contributed by atoms with van der Waals surface area (Å²) in [7, 11) is 2.95. The third kappa shape index (κ3) is 5.67. The molecule has 0 saturated heterocycles. The number of likely N-dealkylation sites (N-methyl/N-ethyl adjacent to an activating group) is 1. The van der Waals surface area contributed by atoms with E-state index in [0.717, 1.165) is 5.56 Å². The lowest BCUT2D eigenvalue weighted by Crippen LogP contribution is -2.29. The molecule has 27 heavy (non-hydrogen) atoms. The first-order valence-electron chi connectivity index (χ1n) is 8.68. The van der Waals surface area contributed by atoms with Crippen LogP contribution in [0, 0.1) is 13.8 Å². The molecule has 0 saturated carbocycles. The number of rotatable bonds is 8. The van der Waals surface area contributed by atoms with Crippen LogP contribution in [0.2, 0.25) is 0 Å². The van der Waals surface area contributed by atoms with Gasteiger partial charge < -0.3 is 15.0 Å². The van der Waals surface area contributed by atoms with Crippen LogP contribution in [-0.4, -0.2) is 32.0 Å². The van der Waals surface area contributed by atoms with Gasteiger partial charge in [0, 0.05) is 30.8 Å². The van der Waals surface area contributed by atoms with Gasteiger partial charge in [0.15, 0.2) is 5.71 Å². The summed E-state index contributed by atoms with van der Waals surface area (Å²) in [6, 6.07) is 13.7. The van der Waals surface area contributed by atoms with Crippen LogP contribution < -0.4 is 5.32 Å². The predicted molar refractivity (Wildman–Crippen MR) is 107 cm³/mol. The highest BCUT2D eigenvalue weighted by molar-refractivity contribution is 6.45. The van der Waals surface area contributed by atoms with Crippen molar-refractivity contribution in [3.05, 3.63) is 70.3 Å². The zero-order chi connectivity index (χ0) is 19.6. The summed E-state index contributed by atoms with van der Waals surface area (Å²) in [6.07, 6.45) is 2.44. The third-order valence-electron chi connectivity index (χ3n) is 4.08. The van der Waals surface area contributed by atoms with E-state index in [1.165, 1.54) is 23.8 Å². The van der Waals surface area contributed by atoms with Gasteiger partial charge in [0.1, 0.15) is 13.7 Å². The molecule has 2 aromatic rings. The molecular formula is C21H25N3O3. The molecule has 6 nitrogen and oxygen atoms in total. The highest BCUT2D eigenvalue weighted by Crippen LogP contribution is 2.13. The summed E-state index contributed by atoms with van der Waals surface area (Å²) in [4.78, 5) is 22.3. The van der Waals surface area contributed by atoms with Gasteiger partial charge in [0.2, 0.25) is 0 Å². The van der Waals surface area contributed by atoms with Gasteiger partial charge in [-0.05, 0) is 25.0 Å². The quantitative estimate of drug-likeness (QED) is 0.575. The Bertz CT molecular complexity index is 844. The normalized spacial score (nSPS) is 11.5. The Hall–Kier alpha value is -3.15. The van der Waals surface area contributed by atoms with E-state index in [1.54, 1.807) is 19.3 Å². The van der Waals surface area contributed by atoms with Crippen molar-refractivity contribution in [2.75, 3.05) is 14.2 Å². The van der Waals surface area contributed by atoms with Crippen LogP contribution in [-0.2, 0) is 27.5 Å². The van der Waals surface area contributed by atoms with Crippen molar-refractivity contribution in [1.82, 2.24) is 5.32 Å². The van der Waals surface area contributed by atoms with E-state index in [2.05, 4.69) is 47.7 Å². The number of benzene rings is 2. The number of oxime groups is 2. The van der Waals surface area contributed by atoms with E-state index in [1.807, 2.05) is 18.2 Å². The maximum absolute atomic E-state index is 12.1. The Balaban J connectivity index is 2.05. The van der Waals surface area contributed by atoms with Crippen LogP contribution in [0.25, 0.3) is 0 Å². The summed E-state index contributed by atoms with van der Waals surface area (Å²) in [5, 5.41) is 10.4. The molecular weight excluding hydrogens is 342 g/mol. The second-order valence-corrected chi connectivity index (χ2v) is 6.05. The summed E-state index contributed by atoms with van der Waals surface area (Å²) in [5.74, 6) is -0.331. The van der Waals surface area contributed by atoms with Crippen LogP contribution in [0.1, 0.15) is 27.8 Å². The molecule has 0 spiro atoms. The third-order valence-corrected chi connectivity index (χ3v) is 4.08. The molecule has 0 unspecified atom stereocenters. The average Bonchev–Trinajstić information content (AvgIpc) is 2.68. The Labute approximate surface area is 159 Å². The molecule has 0 radical (unpaired) electrons. The first kappa shape index (κ1) is 20.2. The van der Waals surface area contributed by atoms with Gasteiger partial charge in [-0.2, -0.15) is 0 Å². The van der Waals surface area contributed by atoms with Crippen molar-refractivity contribution in [3.63, 3.8) is 0 Å². The SMILES string of the molecule is CNC(=O)C(=NOC)c1ccccc1CON=CCc1cc(C)ccc1C. The fraction of sp³-hybridized carbons (Fsp3) is 0.286. The number of hydrogen-bond acceptors (Lipinski definition) is 5. The van der Waals surface area contributed by atoms with Crippen molar-refractivity contribution in [2.24, 2.45) is 10.3 Å². The minimum Gasteiger partial charge on any atom is -0.398 e. The topological polar surface area (TPSA) is 72.3 Å². The van der Waals surface area contributed by atoms with Gasteiger partial charge in [-0.1, -0.05) is 58.3 Å². The number of amides is 1. The molecule has 0 fully saturated rings. The summed E-state index contributed by atoms with van der Waals surface area (Å²) in [5.41, 5.74) is 5.29. The lowest BCUT2D eigenvalue weighted by Gasteiger charge is -2.10. The highest BCUT2D eigenvalue weighted by Gasteiger charge is 2.17. The van der Waals surface area contributed by atoms with E-state index in [9.17, 15) is 4.79 Å². The fourth-order valence-corrected chi connectivity index (χ4v) is 2.62. The van der Waals surface area contributed by atoms with Gasteiger partial charge in [-0.25, -0.2) is 0 Å². The molecule has 0 heterocycles. The Morgan fingerprint density at radius 2 is 1.93 bits per heavy atom. The molecule has 0 aromatic heterocycles. The number of carbonyl (C=O) groups excluding carboxylic acids is 1. The number of nitrogens with zero attached hydrogens (tertiary/aromatic N) is 2. The molecule has 1 amide bonds. The summed E-state index contributed by atoms with van der Waals surface area (Å²) < 4.78 is 0. The standard InChI is InChI=1S/C21H25N3O3/c1-15-9-10-16(2)17(13-15)11-12-23-27-14-18-7-5-6-8-19(18)20(24-26-4)21(25)22-3/h5-10,12-13H,11,14H2,1-4H3,(H,22,25). The Kier molecular flexibility index (Phi) is 7.55. The fourth-order valence-electron chi connectivity index (χ4n) is 2.62. The average molecular weight is 367 g/mol. The molecule has 0 aliphatic carbocycles. The Morgan fingerprint density at radius 3 is 2.67 bits per heavy atom. The van der Waals surface area contributed by atoms with Crippen molar-refractivity contribution in [3.8, 4) is 0 Å². The number of nitrogens with one attached hydrogen (secondary N) is 1. The highest BCUT2D eigenvalue weighted by atomic mass is 16.6. The van der Waals surface area contributed by atoms with Crippen LogP contribution in [0.4, 0.5) is 0 Å². The predicted octanol–water partition coefficient (Wildman–Crippen LogP) is 3.15. The van der Waals surface area contributed by atoms with E-state index >= 15 is 0 Å². The number of hydrogen-bond donors (Lipinski definition) is 1. The van der Waals surface area contributed by atoms with Gasteiger partial charge in [-0.15, -0.1) is 0 Å². The van der Waals surface area contributed by atoms with Crippen molar-refractivity contribution < 1.29 is 14.5 Å². The molecule has 2 rings (SSSR count). The molecule has 2 aromatic carbocycles. The van der Waals surface area contributed by atoms with E-state index in [4.69, 9.17) is 9.68 Å². The first-order valence-corrected chi connectivity index (χ1v) is 8.68. The van der Waals surface area contributed by atoms with Crippen molar-refractivity contribution in [1.29, 1.82) is 0 Å². The number of aryl methyl sites for hydroxylation is 2. The van der Waals surface area contributed by atoms with Crippen LogP contribution in [0.5, 0.6) is 0 Å². The minimum atomic E-state index is -0.331.